The zero-order valence-electron chi connectivity index (χ0n) is 16.1. The summed E-state index contributed by atoms with van der Waals surface area (Å²) in [5.41, 5.74) is 0.839. The fourth-order valence-electron chi connectivity index (χ4n) is 3.35. The van der Waals surface area contributed by atoms with Crippen LogP contribution in [0.4, 0.5) is 4.79 Å². The Morgan fingerprint density at radius 3 is 2.55 bits per heavy atom. The Hall–Kier alpha value is -2.07. The highest BCUT2D eigenvalue weighted by atomic mass is 32.2. The first-order valence-corrected chi connectivity index (χ1v) is 12.2. The van der Waals surface area contributed by atoms with Crippen molar-refractivity contribution >= 4 is 38.7 Å². The Kier molecular flexibility index (Phi) is 6.84. The molecule has 0 radical (unpaired) electrons. The Labute approximate surface area is 174 Å². The van der Waals surface area contributed by atoms with Crippen LogP contribution >= 0.6 is 11.8 Å². The highest BCUT2D eigenvalue weighted by Crippen LogP contribution is 2.26. The number of imide groups is 1. The molecule has 1 aromatic rings. The van der Waals surface area contributed by atoms with E-state index >= 15 is 0 Å². The zero-order chi connectivity index (χ0) is 21.0. The monoisotopic (exact) mass is 440 g/mol. The molecule has 29 heavy (non-hydrogen) atoms. The van der Waals surface area contributed by atoms with Gasteiger partial charge in [0.05, 0.1) is 18.1 Å². The van der Waals surface area contributed by atoms with Gasteiger partial charge in [0.2, 0.25) is 11.8 Å². The van der Waals surface area contributed by atoms with Gasteiger partial charge in [-0.2, -0.15) is 0 Å². The molecule has 3 rings (SSSR count). The molecule has 2 saturated heterocycles. The molecule has 0 spiro atoms. The lowest BCUT2D eigenvalue weighted by atomic mass is 10.1. The van der Waals surface area contributed by atoms with E-state index in [-0.39, 0.29) is 30.4 Å². The maximum absolute atomic E-state index is 13.0. The molecule has 2 atom stereocenters. The number of hydrogen-bond donors (Lipinski definition) is 1. The maximum Gasteiger partial charge on any atom is 0.286 e. The molecular weight excluding hydrogens is 416 g/mol. The van der Waals surface area contributed by atoms with Crippen LogP contribution in [0.25, 0.3) is 0 Å². The molecule has 2 fully saturated rings. The van der Waals surface area contributed by atoms with Gasteiger partial charge in [-0.15, -0.1) is 0 Å². The lowest BCUT2D eigenvalue weighted by Gasteiger charge is -2.29. The Morgan fingerprint density at radius 2 is 2.00 bits per heavy atom. The first-order valence-electron chi connectivity index (χ1n) is 9.50. The molecule has 10 heteroatoms. The van der Waals surface area contributed by atoms with Crippen molar-refractivity contribution in [2.75, 3.05) is 18.1 Å². The van der Waals surface area contributed by atoms with Crippen molar-refractivity contribution in [3.63, 3.8) is 0 Å². The number of nitrogens with zero attached hydrogens (tertiary/aromatic N) is 1. The number of thioether (sulfide) groups is 1. The molecule has 2 aliphatic heterocycles. The van der Waals surface area contributed by atoms with Crippen LogP contribution < -0.4 is 10.1 Å². The summed E-state index contributed by atoms with van der Waals surface area (Å²) in [7, 11) is -3.18. The molecule has 2 heterocycles. The molecule has 0 aromatic heterocycles. The number of amides is 3. The highest BCUT2D eigenvalue weighted by molar-refractivity contribution is 8.15. The summed E-state index contributed by atoms with van der Waals surface area (Å²) in [4.78, 5) is 37.7. The lowest BCUT2D eigenvalue weighted by molar-refractivity contribution is -0.135. The van der Waals surface area contributed by atoms with Crippen LogP contribution in [0.5, 0.6) is 5.75 Å². The average Bonchev–Trinajstić information content (AvgIpc) is 3.19. The van der Waals surface area contributed by atoms with Gasteiger partial charge in [-0.05, 0) is 30.5 Å². The molecule has 2 unspecified atom stereocenters. The molecular formula is C19H24N2O6S2. The average molecular weight is 441 g/mol. The summed E-state index contributed by atoms with van der Waals surface area (Å²) in [5, 5.41) is 0.926. The smallest absolute Gasteiger partial charge is 0.286 e. The van der Waals surface area contributed by atoms with E-state index in [2.05, 4.69) is 5.32 Å². The van der Waals surface area contributed by atoms with Gasteiger partial charge in [0, 0.05) is 19.0 Å². The van der Waals surface area contributed by atoms with Gasteiger partial charge in [0.25, 0.3) is 5.24 Å². The van der Waals surface area contributed by atoms with Crippen LogP contribution in [0.2, 0.25) is 0 Å². The highest BCUT2D eigenvalue weighted by Gasteiger charge is 2.38. The number of ether oxygens (including phenoxy) is 1. The van der Waals surface area contributed by atoms with Gasteiger partial charge >= 0.3 is 0 Å². The third kappa shape index (κ3) is 5.72. The standard InChI is InChI=1S/C19H24N2O6S2/c1-2-8-27-15-5-3-13(4-6-15)11-21(14-7-9-29(25,26)12-14)17(22)10-16-18(23)20-19(24)28-16/h3-6,14,16H,2,7-12H2,1H3,(H,20,23,24). The number of hydrogen-bond acceptors (Lipinski definition) is 7. The molecule has 8 nitrogen and oxygen atoms in total. The van der Waals surface area contributed by atoms with E-state index < -0.39 is 32.3 Å². The minimum absolute atomic E-state index is 0.0440. The number of benzene rings is 1. The minimum atomic E-state index is -3.18. The van der Waals surface area contributed by atoms with Crippen LogP contribution in [0.3, 0.4) is 0 Å². The minimum Gasteiger partial charge on any atom is -0.494 e. The lowest BCUT2D eigenvalue weighted by Crippen LogP contribution is -2.42. The van der Waals surface area contributed by atoms with Crippen LogP contribution in [0, 0.1) is 0 Å². The predicted octanol–water partition coefficient (Wildman–Crippen LogP) is 1.73. The Bertz CT molecular complexity index is 884. The van der Waals surface area contributed by atoms with Gasteiger partial charge in [-0.25, -0.2) is 8.42 Å². The van der Waals surface area contributed by atoms with Crippen molar-refractivity contribution in [1.29, 1.82) is 0 Å². The van der Waals surface area contributed by atoms with Gasteiger partial charge in [-0.3, -0.25) is 19.7 Å². The van der Waals surface area contributed by atoms with Crippen LogP contribution in [0.15, 0.2) is 24.3 Å². The second kappa shape index (κ2) is 9.17. The van der Waals surface area contributed by atoms with E-state index in [0.717, 1.165) is 29.5 Å². The van der Waals surface area contributed by atoms with Gasteiger partial charge < -0.3 is 9.64 Å². The van der Waals surface area contributed by atoms with E-state index in [9.17, 15) is 22.8 Å². The topological polar surface area (TPSA) is 110 Å². The fourth-order valence-corrected chi connectivity index (χ4v) is 5.89. The van der Waals surface area contributed by atoms with Gasteiger partial charge in [-0.1, -0.05) is 30.8 Å². The van der Waals surface area contributed by atoms with E-state index in [1.807, 2.05) is 31.2 Å². The predicted molar refractivity (Wildman–Crippen MR) is 109 cm³/mol. The largest absolute Gasteiger partial charge is 0.494 e. The molecule has 158 valence electrons. The van der Waals surface area contributed by atoms with Crippen molar-refractivity contribution in [2.24, 2.45) is 0 Å². The third-order valence-corrected chi connectivity index (χ3v) is 7.58. The number of carbonyl (C=O) groups excluding carboxylic acids is 3. The van der Waals surface area contributed by atoms with Crippen molar-refractivity contribution < 1.29 is 27.5 Å². The SMILES string of the molecule is CCCOc1ccc(CN(C(=O)CC2SC(=O)NC2=O)C2CCS(=O)(=O)C2)cc1. The quantitative estimate of drug-likeness (QED) is 0.655. The number of sulfone groups is 1. The fraction of sp³-hybridized carbons (Fsp3) is 0.526. The van der Waals surface area contributed by atoms with Crippen molar-refractivity contribution in [2.45, 2.75) is 44.0 Å². The van der Waals surface area contributed by atoms with Crippen LogP contribution in [-0.2, 0) is 26.0 Å². The Balaban J connectivity index is 1.73. The first-order chi connectivity index (χ1) is 13.8. The van der Waals surface area contributed by atoms with Gasteiger partial charge in [0.1, 0.15) is 11.0 Å². The summed E-state index contributed by atoms with van der Waals surface area (Å²) < 4.78 is 29.4. The molecule has 2 aliphatic rings. The summed E-state index contributed by atoms with van der Waals surface area (Å²) in [6, 6.07) is 6.88. The maximum atomic E-state index is 13.0. The number of carbonyl (C=O) groups is 3. The number of nitrogens with one attached hydrogen (secondary N) is 1. The zero-order valence-corrected chi connectivity index (χ0v) is 17.8. The molecule has 1 N–H and O–H groups in total. The van der Waals surface area contributed by atoms with E-state index in [1.54, 1.807) is 0 Å². The summed E-state index contributed by atoms with van der Waals surface area (Å²) in [6.45, 7) is 2.87. The molecule has 3 amide bonds. The summed E-state index contributed by atoms with van der Waals surface area (Å²) >= 11 is 0.796. The molecule has 0 bridgehead atoms. The van der Waals surface area contributed by atoms with E-state index in [4.69, 9.17) is 4.74 Å². The second-order valence-corrected chi connectivity index (χ2v) is 10.6. The first kappa shape index (κ1) is 21.6. The van der Waals surface area contributed by atoms with E-state index in [1.165, 1.54) is 4.90 Å². The van der Waals surface area contributed by atoms with Gasteiger partial charge in [0.15, 0.2) is 9.84 Å². The normalized spacial score (nSPS) is 23.1. The summed E-state index contributed by atoms with van der Waals surface area (Å²) in [5.74, 6) is -0.123. The van der Waals surface area contributed by atoms with Crippen molar-refractivity contribution in [3.8, 4) is 5.75 Å². The molecule has 1 aromatic carbocycles. The van der Waals surface area contributed by atoms with Crippen molar-refractivity contribution in [3.05, 3.63) is 29.8 Å². The number of rotatable bonds is 8. The Morgan fingerprint density at radius 1 is 1.28 bits per heavy atom. The molecule has 0 aliphatic carbocycles. The van der Waals surface area contributed by atoms with Crippen LogP contribution in [-0.4, -0.2) is 59.8 Å². The van der Waals surface area contributed by atoms with E-state index in [0.29, 0.717) is 13.0 Å². The molecule has 0 saturated carbocycles. The van der Waals surface area contributed by atoms with Crippen molar-refractivity contribution in [1.82, 2.24) is 10.2 Å². The third-order valence-electron chi connectivity index (χ3n) is 4.85. The summed E-state index contributed by atoms with van der Waals surface area (Å²) in [6.07, 6.45) is 1.13. The van der Waals surface area contributed by atoms with Crippen LogP contribution in [0.1, 0.15) is 31.7 Å². The second-order valence-electron chi connectivity index (χ2n) is 7.16.